The van der Waals surface area contributed by atoms with Crippen LogP contribution in [0.15, 0.2) is 46.9 Å². The summed E-state index contributed by atoms with van der Waals surface area (Å²) in [4.78, 5) is 12.4. The molecule has 0 fully saturated rings. The molecule has 0 aromatic heterocycles. The van der Waals surface area contributed by atoms with Crippen LogP contribution in [0.2, 0.25) is 5.02 Å². The molecule has 0 saturated carbocycles. The summed E-state index contributed by atoms with van der Waals surface area (Å²) in [7, 11) is 1.54. The van der Waals surface area contributed by atoms with Crippen molar-refractivity contribution in [3.63, 3.8) is 0 Å². The molecule has 2 rings (SSSR count). The summed E-state index contributed by atoms with van der Waals surface area (Å²) in [6, 6.07) is 12.2. The Labute approximate surface area is 119 Å². The Bertz CT molecular complexity index is 576. The predicted molar refractivity (Wildman–Crippen MR) is 75.6 cm³/mol. The highest BCUT2D eigenvalue weighted by Crippen LogP contribution is 2.25. The average molecular weight is 326 g/mol. The summed E-state index contributed by atoms with van der Waals surface area (Å²) in [5.74, 6) is 0.439. The van der Waals surface area contributed by atoms with E-state index in [9.17, 15) is 4.79 Å². The topological polar surface area (TPSA) is 26.3 Å². The standard InChI is InChI=1S/C14H10BrClO2/c1-18-13-5-3-2-4-12(13)14(17)9-6-10(15)8-11(16)7-9/h2-8H,1H3. The number of carbonyl (C=O) groups excluding carboxylic acids is 1. The Balaban J connectivity index is 2.47. The first-order valence-corrected chi connectivity index (χ1v) is 6.42. The third-order valence-corrected chi connectivity index (χ3v) is 3.15. The zero-order valence-corrected chi connectivity index (χ0v) is 12.0. The first kappa shape index (κ1) is 13.1. The Hall–Kier alpha value is -1.32. The molecule has 0 atom stereocenters. The quantitative estimate of drug-likeness (QED) is 0.785. The van der Waals surface area contributed by atoms with E-state index in [0.29, 0.717) is 21.9 Å². The van der Waals surface area contributed by atoms with Crippen LogP contribution >= 0.6 is 27.5 Å². The molecule has 0 aliphatic carbocycles. The molecule has 18 heavy (non-hydrogen) atoms. The predicted octanol–water partition coefficient (Wildman–Crippen LogP) is 4.34. The maximum Gasteiger partial charge on any atom is 0.196 e. The fourth-order valence-corrected chi connectivity index (χ4v) is 2.53. The highest BCUT2D eigenvalue weighted by atomic mass is 79.9. The van der Waals surface area contributed by atoms with Crippen molar-refractivity contribution in [1.29, 1.82) is 0 Å². The maximum absolute atomic E-state index is 12.4. The molecular weight excluding hydrogens is 316 g/mol. The van der Waals surface area contributed by atoms with Crippen LogP contribution in [-0.2, 0) is 0 Å². The lowest BCUT2D eigenvalue weighted by Gasteiger charge is -2.07. The monoisotopic (exact) mass is 324 g/mol. The van der Waals surface area contributed by atoms with Gasteiger partial charge < -0.3 is 4.74 Å². The molecule has 2 nitrogen and oxygen atoms in total. The number of methoxy groups -OCH3 is 1. The van der Waals surface area contributed by atoms with Gasteiger partial charge in [0.2, 0.25) is 0 Å². The minimum absolute atomic E-state index is 0.115. The third-order valence-electron chi connectivity index (χ3n) is 2.48. The van der Waals surface area contributed by atoms with Gasteiger partial charge in [0.25, 0.3) is 0 Å². The third kappa shape index (κ3) is 2.74. The Morgan fingerprint density at radius 1 is 1.22 bits per heavy atom. The summed E-state index contributed by atoms with van der Waals surface area (Å²) < 4.78 is 5.95. The van der Waals surface area contributed by atoms with E-state index in [1.54, 1.807) is 43.5 Å². The van der Waals surface area contributed by atoms with Crippen LogP contribution in [0.25, 0.3) is 0 Å². The molecule has 0 saturated heterocycles. The molecule has 0 bridgehead atoms. The molecule has 2 aromatic rings. The van der Waals surface area contributed by atoms with Crippen molar-refractivity contribution < 1.29 is 9.53 Å². The van der Waals surface area contributed by atoms with E-state index >= 15 is 0 Å². The van der Waals surface area contributed by atoms with Gasteiger partial charge in [0.15, 0.2) is 5.78 Å². The molecule has 0 spiro atoms. The van der Waals surface area contributed by atoms with Crippen molar-refractivity contribution in [2.45, 2.75) is 0 Å². The van der Waals surface area contributed by atoms with Crippen molar-refractivity contribution in [3.8, 4) is 5.75 Å². The van der Waals surface area contributed by atoms with Gasteiger partial charge in [0.1, 0.15) is 5.75 Å². The number of carbonyl (C=O) groups is 1. The van der Waals surface area contributed by atoms with Gasteiger partial charge in [-0.1, -0.05) is 39.7 Å². The summed E-state index contributed by atoms with van der Waals surface area (Å²) in [5, 5.41) is 0.516. The second kappa shape index (κ2) is 5.55. The van der Waals surface area contributed by atoms with Gasteiger partial charge in [-0.2, -0.15) is 0 Å². The number of rotatable bonds is 3. The van der Waals surface area contributed by atoms with Crippen molar-refractivity contribution in [2.75, 3.05) is 7.11 Å². The summed E-state index contributed by atoms with van der Waals surface area (Å²) in [6.07, 6.45) is 0. The lowest BCUT2D eigenvalue weighted by atomic mass is 10.0. The molecule has 0 amide bonds. The molecule has 92 valence electrons. The van der Waals surface area contributed by atoms with Crippen molar-refractivity contribution >= 4 is 33.3 Å². The van der Waals surface area contributed by atoms with E-state index in [4.69, 9.17) is 16.3 Å². The highest BCUT2D eigenvalue weighted by Gasteiger charge is 2.14. The second-order valence-electron chi connectivity index (χ2n) is 3.69. The largest absolute Gasteiger partial charge is 0.496 e. The van der Waals surface area contributed by atoms with Gasteiger partial charge >= 0.3 is 0 Å². The average Bonchev–Trinajstić information content (AvgIpc) is 2.36. The van der Waals surface area contributed by atoms with Crippen molar-refractivity contribution in [3.05, 3.63) is 63.1 Å². The number of hydrogen-bond donors (Lipinski definition) is 0. The minimum atomic E-state index is -0.115. The zero-order valence-electron chi connectivity index (χ0n) is 9.61. The van der Waals surface area contributed by atoms with Crippen molar-refractivity contribution in [1.82, 2.24) is 0 Å². The normalized spacial score (nSPS) is 10.2. The lowest BCUT2D eigenvalue weighted by molar-refractivity contribution is 0.103. The molecule has 0 heterocycles. The Morgan fingerprint density at radius 3 is 2.61 bits per heavy atom. The van der Waals surface area contributed by atoms with E-state index in [1.807, 2.05) is 6.07 Å². The lowest BCUT2D eigenvalue weighted by Crippen LogP contribution is -2.03. The molecule has 0 aliphatic rings. The van der Waals surface area contributed by atoms with E-state index in [0.717, 1.165) is 4.47 Å². The first-order valence-electron chi connectivity index (χ1n) is 5.25. The number of para-hydroxylation sites is 1. The van der Waals surface area contributed by atoms with E-state index in [2.05, 4.69) is 15.9 Å². The molecule has 0 N–H and O–H groups in total. The highest BCUT2D eigenvalue weighted by molar-refractivity contribution is 9.10. The van der Waals surface area contributed by atoms with Crippen LogP contribution in [0.5, 0.6) is 5.75 Å². The molecular formula is C14H10BrClO2. The maximum atomic E-state index is 12.4. The van der Waals surface area contributed by atoms with Crippen LogP contribution < -0.4 is 4.74 Å². The number of ether oxygens (including phenoxy) is 1. The number of ketones is 1. The van der Waals surface area contributed by atoms with Gasteiger partial charge in [-0.3, -0.25) is 4.79 Å². The van der Waals surface area contributed by atoms with Crippen LogP contribution in [0.3, 0.4) is 0 Å². The van der Waals surface area contributed by atoms with Crippen LogP contribution in [-0.4, -0.2) is 12.9 Å². The molecule has 4 heteroatoms. The van der Waals surface area contributed by atoms with Crippen LogP contribution in [0.4, 0.5) is 0 Å². The number of benzene rings is 2. The summed E-state index contributed by atoms with van der Waals surface area (Å²) >= 11 is 9.26. The first-order chi connectivity index (χ1) is 8.61. The van der Waals surface area contributed by atoms with Crippen LogP contribution in [0, 0.1) is 0 Å². The fraction of sp³-hybridized carbons (Fsp3) is 0.0714. The minimum Gasteiger partial charge on any atom is -0.496 e. The molecule has 0 aliphatic heterocycles. The zero-order chi connectivity index (χ0) is 13.1. The molecule has 2 aromatic carbocycles. The van der Waals surface area contributed by atoms with Gasteiger partial charge in [0.05, 0.1) is 12.7 Å². The molecule has 0 unspecified atom stereocenters. The van der Waals surface area contributed by atoms with Gasteiger partial charge in [-0.05, 0) is 30.3 Å². The van der Waals surface area contributed by atoms with Gasteiger partial charge in [0, 0.05) is 15.1 Å². The second-order valence-corrected chi connectivity index (χ2v) is 5.04. The Morgan fingerprint density at radius 2 is 1.94 bits per heavy atom. The van der Waals surface area contributed by atoms with E-state index in [-0.39, 0.29) is 5.78 Å². The molecule has 0 radical (unpaired) electrons. The van der Waals surface area contributed by atoms with Crippen LogP contribution in [0.1, 0.15) is 15.9 Å². The van der Waals surface area contributed by atoms with Gasteiger partial charge in [-0.25, -0.2) is 0 Å². The SMILES string of the molecule is COc1ccccc1C(=O)c1cc(Cl)cc(Br)c1. The number of halogens is 2. The Kier molecular flexibility index (Phi) is 4.04. The summed E-state index contributed by atoms with van der Waals surface area (Å²) in [5.41, 5.74) is 1.05. The fourth-order valence-electron chi connectivity index (χ4n) is 1.67. The number of hydrogen-bond acceptors (Lipinski definition) is 2. The van der Waals surface area contributed by atoms with Gasteiger partial charge in [-0.15, -0.1) is 0 Å². The summed E-state index contributed by atoms with van der Waals surface area (Å²) in [6.45, 7) is 0. The van der Waals surface area contributed by atoms with E-state index < -0.39 is 0 Å². The smallest absolute Gasteiger partial charge is 0.196 e. The van der Waals surface area contributed by atoms with Crippen molar-refractivity contribution in [2.24, 2.45) is 0 Å². The van der Waals surface area contributed by atoms with E-state index in [1.165, 1.54) is 0 Å².